The van der Waals surface area contributed by atoms with Crippen molar-refractivity contribution >= 4 is 5.97 Å². The van der Waals surface area contributed by atoms with Crippen LogP contribution in [0.3, 0.4) is 0 Å². The lowest BCUT2D eigenvalue weighted by atomic mass is 9.77. The van der Waals surface area contributed by atoms with Gasteiger partial charge in [-0.15, -0.1) is 0 Å². The van der Waals surface area contributed by atoms with Crippen LogP contribution in [0.15, 0.2) is 0 Å². The average molecular weight is 198 g/mol. The van der Waals surface area contributed by atoms with Crippen molar-refractivity contribution in [3.63, 3.8) is 0 Å². The minimum atomic E-state index is -0.664. The molecule has 14 heavy (non-hydrogen) atoms. The Morgan fingerprint density at radius 3 is 2.71 bits per heavy atom. The molecule has 0 amide bonds. The van der Waals surface area contributed by atoms with E-state index in [9.17, 15) is 9.90 Å². The molecular weight excluding hydrogens is 180 g/mol. The Labute approximate surface area is 84.4 Å². The molecule has 0 aromatic rings. The smallest absolute Gasteiger partial charge is 0.312 e. The predicted octanol–water partition coefficient (Wildman–Crippen LogP) is 2.06. The van der Waals surface area contributed by atoms with Crippen LogP contribution in [0.4, 0.5) is 0 Å². The molecule has 1 aliphatic heterocycles. The summed E-state index contributed by atoms with van der Waals surface area (Å²) in [5, 5.41) is 9.29. The van der Waals surface area contributed by atoms with Crippen molar-refractivity contribution in [2.45, 2.75) is 45.1 Å². The molecule has 1 N–H and O–H groups in total. The second-order valence-corrected chi connectivity index (χ2v) is 4.71. The highest BCUT2D eigenvalue weighted by Crippen LogP contribution is 2.44. The maximum atomic E-state index is 11.3. The zero-order chi connectivity index (χ0) is 10.2. The Hall–Kier alpha value is -0.570. The number of aliphatic carboxylic acids is 1. The number of ether oxygens (including phenoxy) is 1. The molecule has 0 aromatic carbocycles. The van der Waals surface area contributed by atoms with E-state index in [0.717, 1.165) is 18.8 Å². The molecule has 2 unspecified atom stereocenters. The van der Waals surface area contributed by atoms with Crippen LogP contribution in [0, 0.1) is 11.3 Å². The van der Waals surface area contributed by atoms with E-state index in [1.165, 1.54) is 12.8 Å². The highest BCUT2D eigenvalue weighted by atomic mass is 16.5. The number of carboxylic acids is 1. The molecule has 3 heteroatoms. The fourth-order valence-electron chi connectivity index (χ4n) is 2.36. The molecule has 3 nitrogen and oxygen atoms in total. The summed E-state index contributed by atoms with van der Waals surface area (Å²) in [6.45, 7) is 2.51. The largest absolute Gasteiger partial charge is 0.481 e. The van der Waals surface area contributed by atoms with Crippen molar-refractivity contribution in [3.05, 3.63) is 0 Å². The molecule has 1 aliphatic carbocycles. The van der Waals surface area contributed by atoms with Crippen molar-refractivity contribution in [1.82, 2.24) is 0 Å². The molecule has 2 rings (SSSR count). The molecule has 2 atom stereocenters. The first-order valence-electron chi connectivity index (χ1n) is 5.50. The van der Waals surface area contributed by atoms with E-state index in [-0.39, 0.29) is 6.10 Å². The molecule has 0 aromatic heterocycles. The number of rotatable bonds is 4. The number of carbonyl (C=O) groups is 1. The second kappa shape index (κ2) is 3.54. The summed E-state index contributed by atoms with van der Waals surface area (Å²) in [7, 11) is 0. The van der Waals surface area contributed by atoms with Crippen molar-refractivity contribution < 1.29 is 14.6 Å². The minimum absolute atomic E-state index is 0.112. The van der Waals surface area contributed by atoms with Gasteiger partial charge in [0.1, 0.15) is 0 Å². The number of hydrogen-bond acceptors (Lipinski definition) is 2. The third kappa shape index (κ3) is 1.65. The third-order valence-electron chi connectivity index (χ3n) is 3.82. The first kappa shape index (κ1) is 9.97. The topological polar surface area (TPSA) is 46.5 Å². The van der Waals surface area contributed by atoms with Crippen LogP contribution in [0.5, 0.6) is 0 Å². The summed E-state index contributed by atoms with van der Waals surface area (Å²) in [6, 6.07) is 0. The molecule has 80 valence electrons. The lowest BCUT2D eigenvalue weighted by molar-refractivity contribution is -0.152. The highest BCUT2D eigenvalue weighted by Gasteiger charge is 2.48. The van der Waals surface area contributed by atoms with E-state index in [1.807, 2.05) is 6.92 Å². The summed E-state index contributed by atoms with van der Waals surface area (Å²) < 4.78 is 5.40. The maximum absolute atomic E-state index is 11.3. The van der Waals surface area contributed by atoms with Gasteiger partial charge in [0, 0.05) is 6.61 Å². The van der Waals surface area contributed by atoms with Crippen LogP contribution in [0.2, 0.25) is 0 Å². The van der Waals surface area contributed by atoms with Gasteiger partial charge in [0.2, 0.25) is 0 Å². The van der Waals surface area contributed by atoms with Gasteiger partial charge in [-0.1, -0.05) is 12.8 Å². The van der Waals surface area contributed by atoms with E-state index >= 15 is 0 Å². The molecule has 1 heterocycles. The highest BCUT2D eigenvalue weighted by molar-refractivity contribution is 5.75. The Bertz CT molecular complexity index is 235. The predicted molar refractivity (Wildman–Crippen MR) is 52.1 cm³/mol. The zero-order valence-electron chi connectivity index (χ0n) is 8.66. The first-order valence-corrected chi connectivity index (χ1v) is 5.50. The Morgan fingerprint density at radius 1 is 1.57 bits per heavy atom. The standard InChI is InChI=1S/C11H18O3/c1-8-11(10(12)13,6-7-14-8)5-4-9-2-3-9/h8-9H,2-7H2,1H3,(H,12,13). The van der Waals surface area contributed by atoms with Crippen molar-refractivity contribution in [2.24, 2.45) is 11.3 Å². The fraction of sp³-hybridized carbons (Fsp3) is 0.909. The van der Waals surface area contributed by atoms with E-state index in [0.29, 0.717) is 13.0 Å². The van der Waals surface area contributed by atoms with Gasteiger partial charge in [-0.2, -0.15) is 0 Å². The Kier molecular flexibility index (Phi) is 2.52. The molecule has 1 saturated heterocycles. The van der Waals surface area contributed by atoms with Crippen molar-refractivity contribution in [2.75, 3.05) is 6.61 Å². The Morgan fingerprint density at radius 2 is 2.29 bits per heavy atom. The molecule has 2 aliphatic rings. The molecule has 0 radical (unpaired) electrons. The van der Waals surface area contributed by atoms with Crippen LogP contribution in [0.1, 0.15) is 39.0 Å². The molecular formula is C11H18O3. The van der Waals surface area contributed by atoms with Crippen molar-refractivity contribution in [1.29, 1.82) is 0 Å². The number of carboxylic acid groups (broad SMARTS) is 1. The van der Waals surface area contributed by atoms with Crippen molar-refractivity contribution in [3.8, 4) is 0 Å². The number of hydrogen-bond donors (Lipinski definition) is 1. The minimum Gasteiger partial charge on any atom is -0.481 e. The summed E-state index contributed by atoms with van der Waals surface area (Å²) in [4.78, 5) is 11.3. The van der Waals surface area contributed by atoms with Crippen LogP contribution >= 0.6 is 0 Å². The van der Waals surface area contributed by atoms with Gasteiger partial charge in [0.15, 0.2) is 0 Å². The van der Waals surface area contributed by atoms with Crippen LogP contribution in [-0.4, -0.2) is 23.8 Å². The fourth-order valence-corrected chi connectivity index (χ4v) is 2.36. The zero-order valence-corrected chi connectivity index (χ0v) is 8.66. The third-order valence-corrected chi connectivity index (χ3v) is 3.82. The molecule has 0 bridgehead atoms. The molecule has 1 saturated carbocycles. The second-order valence-electron chi connectivity index (χ2n) is 4.71. The molecule has 2 fully saturated rings. The van der Waals surface area contributed by atoms with E-state index in [4.69, 9.17) is 4.74 Å². The summed E-state index contributed by atoms with van der Waals surface area (Å²) in [5.74, 6) is 0.141. The van der Waals surface area contributed by atoms with Crippen LogP contribution < -0.4 is 0 Å². The van der Waals surface area contributed by atoms with Gasteiger partial charge in [-0.05, 0) is 32.1 Å². The summed E-state index contributed by atoms with van der Waals surface area (Å²) >= 11 is 0. The first-order chi connectivity index (χ1) is 6.65. The van der Waals surface area contributed by atoms with E-state index in [2.05, 4.69) is 0 Å². The normalized spacial score (nSPS) is 37.4. The SMILES string of the molecule is CC1OCCC1(CCC1CC1)C(=O)O. The van der Waals surface area contributed by atoms with E-state index in [1.54, 1.807) is 0 Å². The van der Waals surface area contributed by atoms with Crippen LogP contribution in [-0.2, 0) is 9.53 Å². The lowest BCUT2D eigenvalue weighted by Gasteiger charge is -2.27. The van der Waals surface area contributed by atoms with E-state index < -0.39 is 11.4 Å². The van der Waals surface area contributed by atoms with Gasteiger partial charge < -0.3 is 9.84 Å². The lowest BCUT2D eigenvalue weighted by Crippen LogP contribution is -2.37. The summed E-state index contributed by atoms with van der Waals surface area (Å²) in [6.07, 6.45) is 5.04. The average Bonchev–Trinajstić information content (AvgIpc) is 2.88. The maximum Gasteiger partial charge on any atom is 0.312 e. The van der Waals surface area contributed by atoms with Gasteiger partial charge in [-0.25, -0.2) is 0 Å². The van der Waals surface area contributed by atoms with Gasteiger partial charge >= 0.3 is 5.97 Å². The quantitative estimate of drug-likeness (QED) is 0.752. The van der Waals surface area contributed by atoms with Gasteiger partial charge in [0.05, 0.1) is 11.5 Å². The summed E-state index contributed by atoms with van der Waals surface area (Å²) in [5.41, 5.74) is -0.581. The van der Waals surface area contributed by atoms with Crippen LogP contribution in [0.25, 0.3) is 0 Å². The van der Waals surface area contributed by atoms with Gasteiger partial charge in [-0.3, -0.25) is 4.79 Å². The Balaban J connectivity index is 2.00. The monoisotopic (exact) mass is 198 g/mol. The molecule has 0 spiro atoms. The van der Waals surface area contributed by atoms with Gasteiger partial charge in [0.25, 0.3) is 0 Å².